The second-order valence-corrected chi connectivity index (χ2v) is 7.68. The second kappa shape index (κ2) is 9.33. The standard InChI is InChI=1S/C18H25BF3N3O5/c20-18(21,22)12-5-3-11(4-6-12)8-14(23)15(26)25-9-13(2-1-7-19(29)30)17(24,10-25)16(27)28/h3-6,13-14,29-30H,1-2,7-10,23-24H2,(H,27,28)/t13-,14-,17-/m0/s1. The van der Waals surface area contributed by atoms with E-state index in [9.17, 15) is 27.9 Å². The summed E-state index contributed by atoms with van der Waals surface area (Å²) < 4.78 is 37.9. The molecular weight excluding hydrogens is 406 g/mol. The third-order valence-corrected chi connectivity index (χ3v) is 5.40. The number of nitrogens with zero attached hydrogens (tertiary/aromatic N) is 1. The van der Waals surface area contributed by atoms with Crippen molar-refractivity contribution < 1.29 is 37.9 Å². The Kier molecular flexibility index (Phi) is 7.51. The van der Waals surface area contributed by atoms with Crippen molar-refractivity contribution in [2.75, 3.05) is 13.1 Å². The van der Waals surface area contributed by atoms with Gasteiger partial charge in [-0.05, 0) is 36.9 Å². The Morgan fingerprint density at radius 3 is 2.37 bits per heavy atom. The Morgan fingerprint density at radius 1 is 1.27 bits per heavy atom. The van der Waals surface area contributed by atoms with Gasteiger partial charge in [0.2, 0.25) is 5.91 Å². The molecule has 0 aromatic heterocycles. The summed E-state index contributed by atoms with van der Waals surface area (Å²) in [6, 6.07) is 3.23. The number of carboxylic acid groups (broad SMARTS) is 1. The summed E-state index contributed by atoms with van der Waals surface area (Å²) in [4.78, 5) is 25.6. The van der Waals surface area contributed by atoms with Gasteiger partial charge in [0.1, 0.15) is 5.54 Å². The van der Waals surface area contributed by atoms with Crippen LogP contribution in [0.3, 0.4) is 0 Å². The number of likely N-dealkylation sites (tertiary alicyclic amines) is 1. The van der Waals surface area contributed by atoms with Gasteiger partial charge in [0, 0.05) is 19.0 Å². The zero-order chi connectivity index (χ0) is 22.7. The van der Waals surface area contributed by atoms with E-state index in [0.717, 1.165) is 12.1 Å². The average Bonchev–Trinajstić information content (AvgIpc) is 2.98. The van der Waals surface area contributed by atoms with Gasteiger partial charge in [-0.25, -0.2) is 0 Å². The van der Waals surface area contributed by atoms with E-state index >= 15 is 0 Å². The largest absolute Gasteiger partial charge is 0.480 e. The molecule has 12 heteroatoms. The lowest BCUT2D eigenvalue weighted by molar-refractivity contribution is -0.144. The number of halogens is 3. The number of alkyl halides is 3. The van der Waals surface area contributed by atoms with Crippen LogP contribution in [-0.2, 0) is 22.2 Å². The lowest BCUT2D eigenvalue weighted by atomic mass is 9.78. The number of amides is 1. The number of rotatable bonds is 8. The van der Waals surface area contributed by atoms with E-state index in [1.54, 1.807) is 0 Å². The Labute approximate surface area is 171 Å². The number of hydrogen-bond acceptors (Lipinski definition) is 6. The molecule has 0 radical (unpaired) electrons. The summed E-state index contributed by atoms with van der Waals surface area (Å²) in [6.45, 7) is -0.210. The molecule has 1 heterocycles. The number of carbonyl (C=O) groups is 2. The Bertz CT molecular complexity index is 762. The van der Waals surface area contributed by atoms with Crippen molar-refractivity contribution >= 4 is 19.0 Å². The highest BCUT2D eigenvalue weighted by atomic mass is 19.4. The summed E-state index contributed by atoms with van der Waals surface area (Å²) in [5.74, 6) is -2.42. The first-order valence-corrected chi connectivity index (χ1v) is 9.43. The van der Waals surface area contributed by atoms with Crippen LogP contribution in [0.5, 0.6) is 0 Å². The van der Waals surface area contributed by atoms with E-state index in [0.29, 0.717) is 12.0 Å². The number of aliphatic carboxylic acids is 1. The molecule has 0 bridgehead atoms. The van der Waals surface area contributed by atoms with Crippen LogP contribution >= 0.6 is 0 Å². The number of benzene rings is 1. The first-order valence-electron chi connectivity index (χ1n) is 9.43. The van der Waals surface area contributed by atoms with E-state index < -0.39 is 48.2 Å². The minimum absolute atomic E-state index is 0.0144. The van der Waals surface area contributed by atoms with Crippen molar-refractivity contribution in [3.8, 4) is 0 Å². The maximum Gasteiger partial charge on any atom is 0.451 e. The highest BCUT2D eigenvalue weighted by Gasteiger charge is 2.51. The summed E-state index contributed by atoms with van der Waals surface area (Å²) in [5.41, 5.74) is 9.91. The first kappa shape index (κ1) is 24.1. The van der Waals surface area contributed by atoms with Crippen molar-refractivity contribution in [1.29, 1.82) is 0 Å². The van der Waals surface area contributed by atoms with Crippen LogP contribution in [-0.4, -0.2) is 63.7 Å². The molecule has 30 heavy (non-hydrogen) atoms. The monoisotopic (exact) mass is 431 g/mol. The maximum atomic E-state index is 12.7. The SMILES string of the molecule is N[C@@H](Cc1ccc(C(F)(F)F)cc1)C(=O)N1C[C@H](CCCB(O)O)[C@](N)(C(=O)O)C1. The van der Waals surface area contributed by atoms with Crippen molar-refractivity contribution in [3.05, 3.63) is 35.4 Å². The summed E-state index contributed by atoms with van der Waals surface area (Å²) in [7, 11) is -1.52. The van der Waals surface area contributed by atoms with Crippen molar-refractivity contribution in [2.45, 2.75) is 43.3 Å². The molecule has 2 rings (SSSR count). The summed E-state index contributed by atoms with van der Waals surface area (Å²) in [5, 5.41) is 27.4. The zero-order valence-electron chi connectivity index (χ0n) is 16.2. The topological polar surface area (TPSA) is 150 Å². The molecule has 1 fully saturated rings. The molecule has 1 aliphatic heterocycles. The second-order valence-electron chi connectivity index (χ2n) is 7.68. The fraction of sp³-hybridized carbons (Fsp3) is 0.556. The van der Waals surface area contributed by atoms with Gasteiger partial charge in [0.25, 0.3) is 0 Å². The molecule has 0 spiro atoms. The van der Waals surface area contributed by atoms with Crippen molar-refractivity contribution in [3.63, 3.8) is 0 Å². The van der Waals surface area contributed by atoms with E-state index in [4.69, 9.17) is 21.5 Å². The molecule has 166 valence electrons. The van der Waals surface area contributed by atoms with Gasteiger partial charge in [-0.3, -0.25) is 9.59 Å². The van der Waals surface area contributed by atoms with Crippen LogP contribution in [0.1, 0.15) is 24.0 Å². The average molecular weight is 431 g/mol. The van der Waals surface area contributed by atoms with Crippen LogP contribution in [0, 0.1) is 5.92 Å². The van der Waals surface area contributed by atoms with E-state index in [1.165, 1.54) is 17.0 Å². The van der Waals surface area contributed by atoms with Gasteiger partial charge in [-0.1, -0.05) is 18.6 Å². The normalized spacial score (nSPS) is 22.8. The van der Waals surface area contributed by atoms with Crippen molar-refractivity contribution in [2.24, 2.45) is 17.4 Å². The number of nitrogens with two attached hydrogens (primary N) is 2. The van der Waals surface area contributed by atoms with Crippen LogP contribution in [0.2, 0.25) is 6.32 Å². The van der Waals surface area contributed by atoms with Crippen LogP contribution in [0.15, 0.2) is 24.3 Å². The number of carboxylic acids is 1. The van der Waals surface area contributed by atoms with E-state index in [1.807, 2.05) is 0 Å². The predicted molar refractivity (Wildman–Crippen MR) is 102 cm³/mol. The Hall–Kier alpha value is -2.15. The molecule has 3 atom stereocenters. The van der Waals surface area contributed by atoms with Gasteiger partial charge in [-0.15, -0.1) is 0 Å². The fourth-order valence-electron chi connectivity index (χ4n) is 3.65. The minimum Gasteiger partial charge on any atom is -0.480 e. The fourth-order valence-corrected chi connectivity index (χ4v) is 3.65. The van der Waals surface area contributed by atoms with Crippen LogP contribution in [0.25, 0.3) is 0 Å². The van der Waals surface area contributed by atoms with E-state index in [2.05, 4.69) is 0 Å². The molecule has 0 aliphatic carbocycles. The molecule has 1 aromatic carbocycles. The number of hydrogen-bond donors (Lipinski definition) is 5. The van der Waals surface area contributed by atoms with Gasteiger partial charge in [0.15, 0.2) is 0 Å². The molecule has 8 nitrogen and oxygen atoms in total. The lowest BCUT2D eigenvalue weighted by Gasteiger charge is -2.25. The Morgan fingerprint density at radius 2 is 1.87 bits per heavy atom. The first-order chi connectivity index (χ1) is 13.8. The Balaban J connectivity index is 2.03. The van der Waals surface area contributed by atoms with Crippen molar-refractivity contribution in [1.82, 2.24) is 4.90 Å². The lowest BCUT2D eigenvalue weighted by Crippen LogP contribution is -2.55. The molecule has 1 aromatic rings. The predicted octanol–water partition coefficient (Wildman–Crippen LogP) is 0.0687. The molecule has 1 amide bonds. The molecule has 0 unspecified atom stereocenters. The molecular formula is C18H25BF3N3O5. The van der Waals surface area contributed by atoms with Gasteiger partial charge in [-0.2, -0.15) is 13.2 Å². The molecule has 1 aliphatic rings. The smallest absolute Gasteiger partial charge is 0.451 e. The number of carbonyl (C=O) groups excluding carboxylic acids is 1. The summed E-state index contributed by atoms with van der Waals surface area (Å²) >= 11 is 0. The third-order valence-electron chi connectivity index (χ3n) is 5.40. The van der Waals surface area contributed by atoms with Gasteiger partial charge >= 0.3 is 19.3 Å². The summed E-state index contributed by atoms with van der Waals surface area (Å²) in [6.07, 6.45) is -3.84. The third kappa shape index (κ3) is 5.72. The molecule has 1 saturated heterocycles. The van der Waals surface area contributed by atoms with Crippen LogP contribution in [0.4, 0.5) is 13.2 Å². The molecule has 0 saturated carbocycles. The maximum absolute atomic E-state index is 12.7. The van der Waals surface area contributed by atoms with E-state index in [-0.39, 0.29) is 32.3 Å². The molecule has 7 N–H and O–H groups in total. The highest BCUT2D eigenvalue weighted by molar-refractivity contribution is 6.40. The zero-order valence-corrected chi connectivity index (χ0v) is 16.2. The quantitative estimate of drug-likeness (QED) is 0.366. The highest BCUT2D eigenvalue weighted by Crippen LogP contribution is 2.31. The van der Waals surface area contributed by atoms with Gasteiger partial charge in [0.05, 0.1) is 11.6 Å². The van der Waals surface area contributed by atoms with Crippen LogP contribution < -0.4 is 11.5 Å². The van der Waals surface area contributed by atoms with Gasteiger partial charge < -0.3 is 31.5 Å². The minimum atomic E-state index is -4.46.